The van der Waals surface area contributed by atoms with E-state index in [0.29, 0.717) is 5.75 Å². The third-order valence-electron chi connectivity index (χ3n) is 5.03. The zero-order valence-electron chi connectivity index (χ0n) is 14.9. The molecule has 128 valence electrons. The topological polar surface area (TPSA) is 43.1 Å². The molecule has 1 aliphatic heterocycles. The maximum absolute atomic E-state index is 10.2. The van der Waals surface area contributed by atoms with E-state index in [1.54, 1.807) is 14.2 Å². The largest absolute Gasteiger partial charge is 0.507 e. The molecule has 1 unspecified atom stereocenters. The Kier molecular flexibility index (Phi) is 4.67. The number of nitrogens with one attached hydrogen (secondary N) is 1. The predicted molar refractivity (Wildman–Crippen MR) is 94.1 cm³/mol. The zero-order chi connectivity index (χ0) is 17.3. The zero-order valence-corrected chi connectivity index (χ0v) is 14.9. The van der Waals surface area contributed by atoms with Gasteiger partial charge in [-0.15, -0.1) is 0 Å². The number of hydrogen-bond acceptors (Lipinski definition) is 3. The normalized spacial score (nSPS) is 16.6. The van der Waals surface area contributed by atoms with Crippen molar-refractivity contribution in [3.05, 3.63) is 52.1 Å². The van der Waals surface area contributed by atoms with E-state index in [-0.39, 0.29) is 0 Å². The lowest BCUT2D eigenvalue weighted by Crippen LogP contribution is -3.10. The molecule has 0 bridgehead atoms. The van der Waals surface area contributed by atoms with Gasteiger partial charge in [0.2, 0.25) is 0 Å². The first kappa shape index (κ1) is 16.7. The highest BCUT2D eigenvalue weighted by Crippen LogP contribution is 2.31. The highest BCUT2D eigenvalue weighted by molar-refractivity contribution is 5.47. The molecular formula is C20H26NO3+. The first-order valence-corrected chi connectivity index (χ1v) is 8.38. The van der Waals surface area contributed by atoms with Gasteiger partial charge in [-0.1, -0.05) is 0 Å². The summed E-state index contributed by atoms with van der Waals surface area (Å²) in [6.07, 6.45) is 1.01. The summed E-state index contributed by atoms with van der Waals surface area (Å²) >= 11 is 0. The molecule has 0 fully saturated rings. The Hall–Kier alpha value is -2.20. The van der Waals surface area contributed by atoms with Gasteiger partial charge >= 0.3 is 0 Å². The van der Waals surface area contributed by atoms with Crippen molar-refractivity contribution in [3.8, 4) is 17.2 Å². The minimum atomic E-state index is 0.406. The molecule has 0 amide bonds. The fraction of sp³-hybridized carbons (Fsp3) is 0.400. The van der Waals surface area contributed by atoms with Gasteiger partial charge in [0.25, 0.3) is 0 Å². The summed E-state index contributed by atoms with van der Waals surface area (Å²) in [5, 5.41) is 10.2. The van der Waals surface area contributed by atoms with Crippen LogP contribution in [0.2, 0.25) is 0 Å². The molecule has 0 spiro atoms. The van der Waals surface area contributed by atoms with E-state index in [4.69, 9.17) is 9.47 Å². The molecule has 1 heterocycles. The van der Waals surface area contributed by atoms with Crippen LogP contribution in [0, 0.1) is 13.8 Å². The van der Waals surface area contributed by atoms with E-state index in [2.05, 4.69) is 25.1 Å². The van der Waals surface area contributed by atoms with E-state index >= 15 is 0 Å². The maximum Gasteiger partial charge on any atom is 0.161 e. The summed E-state index contributed by atoms with van der Waals surface area (Å²) in [6.45, 7) is 6.94. The molecule has 4 heteroatoms. The van der Waals surface area contributed by atoms with Crippen molar-refractivity contribution in [1.82, 2.24) is 0 Å². The van der Waals surface area contributed by atoms with Gasteiger partial charge in [-0.3, -0.25) is 0 Å². The van der Waals surface area contributed by atoms with Gasteiger partial charge in [0.05, 0.1) is 20.8 Å². The Balaban J connectivity index is 1.81. The SMILES string of the molecule is COc1cc2c(cc1OC)C[NH+](Cc1cc(C)c(C)cc1O)CC2. The molecule has 1 aliphatic rings. The molecular weight excluding hydrogens is 302 g/mol. The molecule has 2 aromatic carbocycles. The lowest BCUT2D eigenvalue weighted by Gasteiger charge is -2.27. The van der Waals surface area contributed by atoms with E-state index < -0.39 is 0 Å². The van der Waals surface area contributed by atoms with Crippen molar-refractivity contribution in [2.24, 2.45) is 0 Å². The third kappa shape index (κ3) is 3.20. The molecule has 0 saturated heterocycles. The molecule has 2 N–H and O–H groups in total. The summed E-state index contributed by atoms with van der Waals surface area (Å²) in [4.78, 5) is 1.45. The Bertz CT molecular complexity index is 755. The molecule has 24 heavy (non-hydrogen) atoms. The summed E-state index contributed by atoms with van der Waals surface area (Å²) in [5.74, 6) is 1.99. The van der Waals surface area contributed by atoms with Crippen LogP contribution in [-0.2, 0) is 19.5 Å². The Morgan fingerprint density at radius 1 is 0.958 bits per heavy atom. The number of benzene rings is 2. The average Bonchev–Trinajstić information content (AvgIpc) is 2.58. The van der Waals surface area contributed by atoms with Crippen molar-refractivity contribution in [2.75, 3.05) is 20.8 Å². The van der Waals surface area contributed by atoms with E-state index in [1.165, 1.54) is 21.6 Å². The van der Waals surface area contributed by atoms with Crippen LogP contribution in [0.15, 0.2) is 24.3 Å². The van der Waals surface area contributed by atoms with Gasteiger partial charge in [-0.05, 0) is 54.8 Å². The number of phenols is 1. The van der Waals surface area contributed by atoms with Crippen molar-refractivity contribution in [2.45, 2.75) is 33.4 Å². The quantitative estimate of drug-likeness (QED) is 0.904. The summed E-state index contributed by atoms with van der Waals surface area (Å²) in [7, 11) is 3.35. The lowest BCUT2D eigenvalue weighted by molar-refractivity contribution is -0.929. The number of quaternary nitrogens is 1. The molecule has 0 aromatic heterocycles. The lowest BCUT2D eigenvalue weighted by atomic mass is 9.97. The van der Waals surface area contributed by atoms with Gasteiger partial charge in [-0.2, -0.15) is 0 Å². The van der Waals surface area contributed by atoms with Gasteiger partial charge in [0.1, 0.15) is 18.8 Å². The molecule has 0 radical (unpaired) electrons. The number of aryl methyl sites for hydroxylation is 2. The second-order valence-electron chi connectivity index (χ2n) is 6.64. The van der Waals surface area contributed by atoms with Crippen LogP contribution >= 0.6 is 0 Å². The fourth-order valence-electron chi connectivity index (χ4n) is 3.45. The number of aromatic hydroxyl groups is 1. The van der Waals surface area contributed by atoms with E-state index in [0.717, 1.165) is 48.7 Å². The average molecular weight is 328 g/mol. The van der Waals surface area contributed by atoms with Crippen molar-refractivity contribution in [1.29, 1.82) is 0 Å². The number of ether oxygens (including phenoxy) is 2. The monoisotopic (exact) mass is 328 g/mol. The second-order valence-corrected chi connectivity index (χ2v) is 6.64. The number of phenolic OH excluding ortho intramolecular Hbond substituents is 1. The van der Waals surface area contributed by atoms with E-state index in [9.17, 15) is 5.11 Å². The van der Waals surface area contributed by atoms with Crippen molar-refractivity contribution < 1.29 is 19.5 Å². The molecule has 4 nitrogen and oxygen atoms in total. The number of rotatable bonds is 4. The molecule has 0 saturated carbocycles. The summed E-state index contributed by atoms with van der Waals surface area (Å²) in [6, 6.07) is 8.17. The van der Waals surface area contributed by atoms with Gasteiger partial charge < -0.3 is 19.5 Å². The second kappa shape index (κ2) is 6.73. The highest BCUT2D eigenvalue weighted by atomic mass is 16.5. The maximum atomic E-state index is 10.2. The van der Waals surface area contributed by atoms with Crippen LogP contribution in [0.4, 0.5) is 0 Å². The third-order valence-corrected chi connectivity index (χ3v) is 5.03. The van der Waals surface area contributed by atoms with Crippen molar-refractivity contribution in [3.63, 3.8) is 0 Å². The van der Waals surface area contributed by atoms with Crippen LogP contribution in [0.25, 0.3) is 0 Å². The van der Waals surface area contributed by atoms with Crippen LogP contribution in [0.3, 0.4) is 0 Å². The Morgan fingerprint density at radius 3 is 2.25 bits per heavy atom. The predicted octanol–water partition coefficient (Wildman–Crippen LogP) is 2.17. The Labute approximate surface area is 143 Å². The highest BCUT2D eigenvalue weighted by Gasteiger charge is 2.23. The number of hydrogen-bond donors (Lipinski definition) is 2. The summed E-state index contributed by atoms with van der Waals surface area (Å²) in [5.41, 5.74) is 6.02. The first-order chi connectivity index (χ1) is 11.5. The summed E-state index contributed by atoms with van der Waals surface area (Å²) < 4.78 is 10.8. The Morgan fingerprint density at radius 2 is 1.58 bits per heavy atom. The first-order valence-electron chi connectivity index (χ1n) is 8.38. The fourth-order valence-corrected chi connectivity index (χ4v) is 3.45. The molecule has 3 rings (SSSR count). The van der Waals surface area contributed by atoms with E-state index in [1.807, 2.05) is 13.0 Å². The standard InChI is InChI=1S/C20H25NO3/c1-13-7-17(18(22)8-14(13)2)12-21-6-5-15-9-19(23-3)20(24-4)10-16(15)11-21/h7-10,22H,5-6,11-12H2,1-4H3/p+1. The number of fused-ring (bicyclic) bond motifs is 1. The molecule has 2 aromatic rings. The molecule has 0 aliphatic carbocycles. The van der Waals surface area contributed by atoms with Gasteiger partial charge in [0, 0.05) is 17.5 Å². The van der Waals surface area contributed by atoms with Gasteiger partial charge in [0.15, 0.2) is 11.5 Å². The van der Waals surface area contributed by atoms with Crippen LogP contribution in [-0.4, -0.2) is 25.9 Å². The van der Waals surface area contributed by atoms with Crippen LogP contribution in [0.5, 0.6) is 17.2 Å². The van der Waals surface area contributed by atoms with Gasteiger partial charge in [-0.25, -0.2) is 0 Å². The van der Waals surface area contributed by atoms with Crippen LogP contribution in [0.1, 0.15) is 27.8 Å². The minimum Gasteiger partial charge on any atom is -0.507 e. The number of methoxy groups -OCH3 is 2. The van der Waals surface area contributed by atoms with Crippen molar-refractivity contribution >= 4 is 0 Å². The smallest absolute Gasteiger partial charge is 0.161 e. The van der Waals surface area contributed by atoms with Crippen LogP contribution < -0.4 is 14.4 Å². The minimum absolute atomic E-state index is 0.406. The molecule has 1 atom stereocenters.